The van der Waals surface area contributed by atoms with Gasteiger partial charge in [-0.25, -0.2) is 51.2 Å². The SMILES string of the molecule is C1CCOC1.CC(=O)OC(C)=O.CC[C@@H]1CCc2cc(C(C)(F)F)ccc2N1S(=O)(=O)c1ccc(OCC2CCOCC2)c(C(C)=O)c1.CC[C@@H]1CCc2cc(C(C)(F)F)ccc2N1S(=O)(=O)c1ccc(OCC2CCOCC2)c(CO)c1.CC[C@@H]1CCc2cc(C(C)=O)ccc2N1S(=O)(=O)c1ccc(OCC2CCOCC2)c(C(C)=O)c1.CC[C@@H]1CCc2ccccc2N1S(=O)(=O)c1ccc(OCC2CCOCC2)c(C(C)=O)c1. The zero-order chi connectivity index (χ0) is 109. The van der Waals surface area contributed by atoms with Gasteiger partial charge in [-0.15, -0.1) is 0 Å². The summed E-state index contributed by atoms with van der Waals surface area (Å²) in [6.07, 6.45) is 17.4. The first-order valence-corrected chi connectivity index (χ1v) is 57.9. The molecule has 9 aliphatic heterocycles. The van der Waals surface area contributed by atoms with Crippen molar-refractivity contribution >= 4 is 97.9 Å². The number of aliphatic hydroxyl groups is 1. The van der Waals surface area contributed by atoms with Gasteiger partial charge in [0.1, 0.15) is 23.0 Å². The number of hydrogen-bond acceptors (Lipinski definition) is 25. The topological polar surface area (TPSA) is 364 Å². The molecular formula is C113H144F4N4O25S4. The van der Waals surface area contributed by atoms with Crippen LogP contribution >= 0.6 is 0 Å². The molecule has 1 N–H and O–H groups in total. The Bertz CT molecular complexity index is 6470. The van der Waals surface area contributed by atoms with Crippen molar-refractivity contribution in [2.24, 2.45) is 23.7 Å². The Balaban J connectivity index is 0.000000170. The minimum atomic E-state index is -4.07. The number of carbonyl (C=O) groups is 6. The quantitative estimate of drug-likeness (QED) is 0.0182. The lowest BCUT2D eigenvalue weighted by atomic mass is 9.94. The number of alkyl halides is 4. The van der Waals surface area contributed by atoms with Gasteiger partial charge in [0, 0.05) is 140 Å². The van der Waals surface area contributed by atoms with Crippen LogP contribution < -0.4 is 36.2 Å². The van der Waals surface area contributed by atoms with E-state index in [1.807, 2.05) is 52.0 Å². The number of nitrogens with zero attached hydrogens (tertiary/aromatic N) is 4. The second kappa shape index (κ2) is 53.7. The Kier molecular flexibility index (Phi) is 42.2. The van der Waals surface area contributed by atoms with Crippen molar-refractivity contribution in [3.05, 3.63) is 213 Å². The van der Waals surface area contributed by atoms with E-state index >= 15 is 0 Å². The second-order valence-corrected chi connectivity index (χ2v) is 46.8. The molecule has 9 aliphatic rings. The minimum absolute atomic E-state index is 0.0256. The molecule has 0 aliphatic carbocycles. The Morgan fingerprint density at radius 1 is 0.333 bits per heavy atom. The van der Waals surface area contributed by atoms with E-state index in [0.717, 1.165) is 128 Å². The lowest BCUT2D eigenvalue weighted by Gasteiger charge is -2.38. The number of hydrogen-bond donors (Lipinski definition) is 1. The van der Waals surface area contributed by atoms with Gasteiger partial charge in [-0.3, -0.25) is 46.0 Å². The van der Waals surface area contributed by atoms with Gasteiger partial charge in [0.2, 0.25) is 0 Å². The number of benzene rings is 8. The Morgan fingerprint density at radius 2 is 0.613 bits per heavy atom. The van der Waals surface area contributed by atoms with Crippen molar-refractivity contribution in [1.29, 1.82) is 0 Å². The van der Waals surface area contributed by atoms with Crippen molar-refractivity contribution in [2.75, 3.05) is 110 Å². The number of ether oxygens (including phenoxy) is 10. The van der Waals surface area contributed by atoms with Crippen LogP contribution in [0, 0.1) is 23.7 Å². The number of fused-ring (bicyclic) bond motifs is 4. The van der Waals surface area contributed by atoms with Crippen LogP contribution in [0.25, 0.3) is 0 Å². The summed E-state index contributed by atoms with van der Waals surface area (Å²) in [5.74, 6) is -4.90. The van der Waals surface area contributed by atoms with E-state index in [2.05, 4.69) is 4.74 Å². The molecule has 818 valence electrons. The lowest BCUT2D eigenvalue weighted by molar-refractivity contribution is -0.156. The van der Waals surface area contributed by atoms with Crippen LogP contribution in [0.2, 0.25) is 0 Å². The third-order valence-electron chi connectivity index (χ3n) is 28.6. The first kappa shape index (κ1) is 118. The molecule has 0 aromatic heterocycles. The molecule has 0 radical (unpaired) electrons. The van der Waals surface area contributed by atoms with Crippen molar-refractivity contribution in [3.8, 4) is 23.0 Å². The number of rotatable bonds is 31. The number of Topliss-reactive ketones (excluding diaryl/α,β-unsaturated/α-hetero) is 4. The minimum Gasteiger partial charge on any atom is -0.493 e. The molecule has 0 bridgehead atoms. The Morgan fingerprint density at radius 3 is 0.893 bits per heavy atom. The van der Waals surface area contributed by atoms with E-state index < -0.39 is 63.9 Å². The van der Waals surface area contributed by atoms with Gasteiger partial charge in [0.05, 0.1) is 92.1 Å². The first-order chi connectivity index (χ1) is 71.4. The third kappa shape index (κ3) is 30.2. The molecule has 0 unspecified atom stereocenters. The van der Waals surface area contributed by atoms with Gasteiger partial charge in [-0.05, 0) is 336 Å². The van der Waals surface area contributed by atoms with Gasteiger partial charge in [-0.1, -0.05) is 58.0 Å². The molecule has 5 fully saturated rings. The maximum Gasteiger partial charge on any atom is 0.310 e. The van der Waals surface area contributed by atoms with E-state index in [4.69, 9.17) is 42.6 Å². The van der Waals surface area contributed by atoms with Gasteiger partial charge in [-0.2, -0.15) is 0 Å². The molecule has 8 aromatic carbocycles. The predicted octanol–water partition coefficient (Wildman–Crippen LogP) is 21.1. The van der Waals surface area contributed by atoms with Crippen LogP contribution in [0.1, 0.15) is 279 Å². The summed E-state index contributed by atoms with van der Waals surface area (Å²) in [6, 6.07) is 38.4. The van der Waals surface area contributed by atoms with Gasteiger partial charge < -0.3 is 52.5 Å². The van der Waals surface area contributed by atoms with Gasteiger partial charge in [0.15, 0.2) is 23.1 Å². The molecule has 8 aromatic rings. The largest absolute Gasteiger partial charge is 0.493 e. The van der Waals surface area contributed by atoms with Crippen molar-refractivity contribution < 1.29 is 132 Å². The number of aryl methyl sites for hydroxylation is 4. The van der Waals surface area contributed by atoms with E-state index in [1.165, 1.54) is 152 Å². The fraction of sp³-hybridized carbons (Fsp3) is 0.522. The highest BCUT2D eigenvalue weighted by Crippen LogP contribution is 2.46. The lowest BCUT2D eigenvalue weighted by Crippen LogP contribution is -2.43. The summed E-state index contributed by atoms with van der Waals surface area (Å²) in [7, 11) is -15.9. The first-order valence-electron chi connectivity index (χ1n) is 52.1. The summed E-state index contributed by atoms with van der Waals surface area (Å²) >= 11 is 0. The summed E-state index contributed by atoms with van der Waals surface area (Å²) in [4.78, 5) is 69.0. The zero-order valence-corrected chi connectivity index (χ0v) is 91.2. The maximum atomic E-state index is 13.9. The number of esters is 2. The number of sulfonamides is 4. The zero-order valence-electron chi connectivity index (χ0n) is 87.9. The fourth-order valence-corrected chi connectivity index (χ4v) is 27.2. The van der Waals surface area contributed by atoms with Gasteiger partial charge in [0.25, 0.3) is 51.9 Å². The van der Waals surface area contributed by atoms with E-state index in [-0.39, 0.29) is 95.7 Å². The van der Waals surface area contributed by atoms with Crippen molar-refractivity contribution in [2.45, 2.75) is 287 Å². The van der Waals surface area contributed by atoms with Crippen LogP contribution in [0.5, 0.6) is 23.0 Å². The Labute approximate surface area is 880 Å². The molecule has 9 heterocycles. The van der Waals surface area contributed by atoms with Crippen LogP contribution in [0.4, 0.5) is 40.3 Å². The summed E-state index contributed by atoms with van der Waals surface area (Å²) in [6.45, 7) is 26.7. The normalized spacial score (nSPS) is 18.8. The number of halogens is 4. The monoisotopic (exact) mass is 2160 g/mol. The number of anilines is 4. The highest BCUT2D eigenvalue weighted by atomic mass is 32.2. The molecule has 0 saturated carbocycles. The predicted molar refractivity (Wildman–Crippen MR) is 564 cm³/mol. The molecular weight excluding hydrogens is 2020 g/mol. The average Bonchev–Trinajstić information content (AvgIpc) is 0.830. The molecule has 4 atom stereocenters. The number of ketones is 4. The van der Waals surface area contributed by atoms with Crippen LogP contribution in [0.15, 0.2) is 171 Å². The van der Waals surface area contributed by atoms with Crippen molar-refractivity contribution in [3.63, 3.8) is 0 Å². The third-order valence-corrected chi connectivity index (χ3v) is 36.0. The maximum absolute atomic E-state index is 13.9. The second-order valence-electron chi connectivity index (χ2n) is 39.5. The molecule has 17 rings (SSSR count). The smallest absolute Gasteiger partial charge is 0.310 e. The highest BCUT2D eigenvalue weighted by molar-refractivity contribution is 7.93. The van der Waals surface area contributed by atoms with E-state index in [1.54, 1.807) is 46.8 Å². The molecule has 37 heteroatoms. The summed E-state index contributed by atoms with van der Waals surface area (Å²) in [5, 5.41) is 9.94. The highest BCUT2D eigenvalue weighted by Gasteiger charge is 2.43. The molecule has 0 spiro atoms. The van der Waals surface area contributed by atoms with E-state index in [9.17, 15) is 85.1 Å². The molecule has 29 nitrogen and oxygen atoms in total. The Hall–Kier alpha value is -10.7. The number of carbonyl (C=O) groups excluding carboxylic acids is 6. The van der Waals surface area contributed by atoms with Crippen LogP contribution in [0.3, 0.4) is 0 Å². The van der Waals surface area contributed by atoms with E-state index in [0.29, 0.717) is 215 Å². The number of para-hydroxylation sites is 1. The molecule has 5 saturated heterocycles. The average molecular weight is 2160 g/mol. The summed E-state index contributed by atoms with van der Waals surface area (Å²) in [5.41, 5.74) is 6.67. The van der Waals surface area contributed by atoms with Crippen molar-refractivity contribution in [1.82, 2.24) is 0 Å². The number of aliphatic hydroxyl groups excluding tert-OH is 1. The van der Waals surface area contributed by atoms with Gasteiger partial charge >= 0.3 is 11.9 Å². The van der Waals surface area contributed by atoms with Crippen LogP contribution in [-0.2, 0) is 122 Å². The van der Waals surface area contributed by atoms with Crippen LogP contribution in [-0.4, -0.2) is 191 Å². The standard InChI is InChI=1S/C27H33F2NO5S.C27H33NO6S.C26H33F2NO5S.C25H31NO5S.C4H6O3.C4H8O/c1-4-22-7-5-20-15-21(27(3,28)29)6-9-25(20)30(22)36(32,33)23-8-10-26(24(16-23)18(2)31)35-17-19-11-13-34-14-12-19;1-4-23-7-5-22-15-21(18(2)29)6-9-26(22)28(23)35(31,32)24-8-10-27(25(16-24)19(3)30)34-17-20-11-13-33-14-12-20;1-3-22-6-4-19-14-21(26(2,27)28)5-8-24(19)29(22)35(31,32)23-7-9-25(20(15-23)16-30)34-17-18-10-12-33-13-11-18;1-3-21-9-8-20-6-4-5-7-24(20)26(21)32(28,29)22-10-11-25(23(16-22)18(2)27)31-17-19-12-14-30-15-13-19;1-3(5)7-4(2)6;1-2-4-5-3-1/h6,8-10,15-16,19,22H,4-5,7,11-14,17H2,1-3H3;6,8-10,15-16,20,23H,4-5,7,11-14,17H2,1-3H3;5,7-9,14-15,18,22,30H,3-4,6,10-13,16-17H2,1-2H3;4-7,10-11,16,19,21H,3,8-9,12-15,17H2,1-2H3;1-2H3;1-4H2/t22-;23-;22-;21-;;/m1111../s1. The fourth-order valence-electron chi connectivity index (χ4n) is 19.9. The molecule has 0 amide bonds. The molecule has 150 heavy (non-hydrogen) atoms. The summed E-state index contributed by atoms with van der Waals surface area (Å²) < 4.78 is 226.